The Bertz CT molecular complexity index is 66.7. The van der Waals surface area contributed by atoms with Crippen molar-refractivity contribution in [3.63, 3.8) is 0 Å². The van der Waals surface area contributed by atoms with Gasteiger partial charge >= 0.3 is 6.09 Å². The molecule has 0 atom stereocenters. The van der Waals surface area contributed by atoms with Gasteiger partial charge < -0.3 is 5.11 Å². The van der Waals surface area contributed by atoms with Crippen molar-refractivity contribution in [1.82, 2.24) is 3.71 Å². The maximum atomic E-state index is 9.47. The van der Waals surface area contributed by atoms with Crippen molar-refractivity contribution in [3.05, 3.63) is 0 Å². The van der Waals surface area contributed by atoms with E-state index in [0.29, 0.717) is 3.71 Å². The summed E-state index contributed by atoms with van der Waals surface area (Å²) in [4.78, 5) is 9.47. The maximum Gasteiger partial charge on any atom is 0.427 e. The van der Waals surface area contributed by atoms with Gasteiger partial charge in [-0.3, -0.25) is 0 Å². The van der Waals surface area contributed by atoms with Crippen LogP contribution in [0.5, 0.6) is 0 Å². The molecule has 6 heteroatoms. The summed E-state index contributed by atoms with van der Waals surface area (Å²) in [7, 11) is 0. The zero-order valence-electron chi connectivity index (χ0n) is 3.11. The fraction of sp³-hybridized carbons (Fsp3) is 0. The van der Waals surface area contributed by atoms with Crippen LogP contribution in [0.15, 0.2) is 0 Å². The van der Waals surface area contributed by atoms with E-state index in [1.165, 1.54) is 0 Å². The molecule has 0 saturated heterocycles. The van der Waals surface area contributed by atoms with Gasteiger partial charge in [0, 0.05) is 21.1 Å². The minimum atomic E-state index is -1.18. The first-order valence-electron chi connectivity index (χ1n) is 1.05. The van der Waals surface area contributed by atoms with E-state index in [2.05, 4.69) is 25.6 Å². The molecule has 0 rings (SSSR count). The zero-order chi connectivity index (χ0) is 5.15. The van der Waals surface area contributed by atoms with Crippen LogP contribution in [0.3, 0.4) is 0 Å². The maximum absolute atomic E-state index is 9.47. The molecule has 0 aromatic rings. The summed E-state index contributed by atoms with van der Waals surface area (Å²) in [6, 6.07) is 0. The third-order valence-electron chi connectivity index (χ3n) is 0.171. The van der Waals surface area contributed by atoms with Gasteiger partial charge in [-0.15, -0.1) is 0 Å². The molecule has 0 spiro atoms. The molecular weight excluding hydrogens is 218 g/mol. The molecule has 42 valence electrons. The van der Waals surface area contributed by atoms with Crippen molar-refractivity contribution in [2.24, 2.45) is 0 Å². The van der Waals surface area contributed by atoms with Crippen LogP contribution in [-0.2, 0) is 21.1 Å². The average molecular weight is 221 g/mol. The molecule has 0 saturated carbocycles. The van der Waals surface area contributed by atoms with E-state index >= 15 is 0 Å². The van der Waals surface area contributed by atoms with Gasteiger partial charge in [-0.1, -0.05) is 0 Å². The van der Waals surface area contributed by atoms with Crippen LogP contribution in [0.2, 0.25) is 0 Å². The van der Waals surface area contributed by atoms with Crippen molar-refractivity contribution in [3.8, 4) is 0 Å². The minimum Gasteiger partial charge on any atom is -0.464 e. The SMILES string of the molecule is O=C(O)N(S)S.[Mo]. The summed E-state index contributed by atoms with van der Waals surface area (Å²) in [5.74, 6) is 0. The molecule has 0 aliphatic carbocycles. The first-order valence-corrected chi connectivity index (χ1v) is 1.85. The van der Waals surface area contributed by atoms with Crippen molar-refractivity contribution >= 4 is 31.7 Å². The van der Waals surface area contributed by atoms with Gasteiger partial charge in [-0.25, -0.2) is 4.79 Å². The van der Waals surface area contributed by atoms with Crippen molar-refractivity contribution in [2.45, 2.75) is 0 Å². The summed E-state index contributed by atoms with van der Waals surface area (Å²) in [6.07, 6.45) is -1.18. The van der Waals surface area contributed by atoms with E-state index in [-0.39, 0.29) is 21.1 Å². The molecule has 0 unspecified atom stereocenters. The second kappa shape index (κ2) is 4.81. The van der Waals surface area contributed by atoms with Crippen LogP contribution in [0.25, 0.3) is 0 Å². The van der Waals surface area contributed by atoms with Gasteiger partial charge in [0.2, 0.25) is 0 Å². The first-order chi connectivity index (χ1) is 2.64. The van der Waals surface area contributed by atoms with Gasteiger partial charge in [0.1, 0.15) is 0 Å². The van der Waals surface area contributed by atoms with Gasteiger partial charge in [0.05, 0.1) is 0 Å². The Kier molecular flexibility index (Phi) is 7.28. The Morgan fingerprint density at radius 2 is 1.71 bits per heavy atom. The minimum absolute atomic E-state index is 0. The molecule has 0 aliphatic rings. The van der Waals surface area contributed by atoms with Crippen LogP contribution < -0.4 is 0 Å². The summed E-state index contributed by atoms with van der Waals surface area (Å²) in [6.45, 7) is 0. The van der Waals surface area contributed by atoms with Crippen molar-refractivity contribution < 1.29 is 31.0 Å². The van der Waals surface area contributed by atoms with E-state index in [9.17, 15) is 4.79 Å². The summed E-state index contributed by atoms with van der Waals surface area (Å²) in [5, 5.41) is 7.76. The molecule has 7 heavy (non-hydrogen) atoms. The van der Waals surface area contributed by atoms with E-state index in [1.54, 1.807) is 0 Å². The number of thiol groups is 2. The Morgan fingerprint density at radius 3 is 1.71 bits per heavy atom. The number of carbonyl (C=O) groups is 1. The third kappa shape index (κ3) is 6.66. The molecule has 1 N–H and O–H groups in total. The molecule has 3 nitrogen and oxygen atoms in total. The fourth-order valence-electron chi connectivity index (χ4n) is 0. The topological polar surface area (TPSA) is 40.5 Å². The Labute approximate surface area is 66.4 Å². The Balaban J connectivity index is 0. The van der Waals surface area contributed by atoms with Crippen LogP contribution in [0.1, 0.15) is 0 Å². The smallest absolute Gasteiger partial charge is 0.427 e. The fourth-order valence-corrected chi connectivity index (χ4v) is 0. The second-order valence-electron chi connectivity index (χ2n) is 0.572. The first kappa shape index (κ1) is 10.6. The number of rotatable bonds is 0. The standard InChI is InChI=1S/CH3NO2S2.Mo/c3-1(4)2(5)6;/h5-6H,(H,3,4);. The van der Waals surface area contributed by atoms with Crippen molar-refractivity contribution in [1.29, 1.82) is 0 Å². The Morgan fingerprint density at radius 1 is 1.57 bits per heavy atom. The third-order valence-corrected chi connectivity index (χ3v) is 0.513. The normalized spacial score (nSPS) is 6.57. The van der Waals surface area contributed by atoms with Crippen LogP contribution in [-0.4, -0.2) is 14.9 Å². The summed E-state index contributed by atoms with van der Waals surface area (Å²) in [5.41, 5.74) is 0. The van der Waals surface area contributed by atoms with Gasteiger partial charge in [0.25, 0.3) is 0 Å². The number of carboxylic acid groups (broad SMARTS) is 1. The number of hydrogen-bond acceptors (Lipinski definition) is 3. The number of nitrogens with zero attached hydrogens (tertiary/aromatic N) is 1. The predicted octanol–water partition coefficient (Wildman–Crippen LogP) is 0.653. The van der Waals surface area contributed by atoms with E-state index in [1.807, 2.05) is 0 Å². The molecular formula is CH3MoNO2S2. The molecule has 0 radical (unpaired) electrons. The van der Waals surface area contributed by atoms with Crippen LogP contribution in [0, 0.1) is 0 Å². The molecule has 0 aromatic heterocycles. The van der Waals surface area contributed by atoms with Gasteiger partial charge in [-0.2, -0.15) is 3.71 Å². The molecule has 0 aliphatic heterocycles. The molecule has 0 fully saturated rings. The molecule has 0 heterocycles. The van der Waals surface area contributed by atoms with Crippen LogP contribution in [0.4, 0.5) is 4.79 Å². The summed E-state index contributed by atoms with van der Waals surface area (Å²) < 4.78 is 0.472. The van der Waals surface area contributed by atoms with Crippen LogP contribution >= 0.6 is 25.6 Å². The monoisotopic (exact) mass is 223 g/mol. The van der Waals surface area contributed by atoms with Crippen molar-refractivity contribution in [2.75, 3.05) is 0 Å². The second-order valence-corrected chi connectivity index (χ2v) is 1.69. The van der Waals surface area contributed by atoms with Gasteiger partial charge in [0.15, 0.2) is 0 Å². The van der Waals surface area contributed by atoms with Gasteiger partial charge in [-0.05, 0) is 25.6 Å². The zero-order valence-corrected chi connectivity index (χ0v) is 6.90. The molecule has 0 bridgehead atoms. The quantitative estimate of drug-likeness (QED) is 0.415. The Hall–Kier alpha value is 0.658. The number of hydrogen-bond donors (Lipinski definition) is 3. The molecule has 1 amide bonds. The number of amides is 1. The van der Waals surface area contributed by atoms with E-state index in [0.717, 1.165) is 0 Å². The van der Waals surface area contributed by atoms with E-state index < -0.39 is 6.09 Å². The largest absolute Gasteiger partial charge is 0.464 e. The van der Waals surface area contributed by atoms with E-state index in [4.69, 9.17) is 5.11 Å². The average Bonchev–Trinajstić information content (AvgIpc) is 1.36. The predicted molar refractivity (Wildman–Crippen MR) is 27.8 cm³/mol. The summed E-state index contributed by atoms with van der Waals surface area (Å²) >= 11 is 6.58. The molecule has 0 aromatic carbocycles.